The second kappa shape index (κ2) is 13.0. The van der Waals surface area contributed by atoms with Gasteiger partial charge in [0.1, 0.15) is 0 Å². The molecule has 0 amide bonds. The molecule has 6 heteroatoms. The van der Waals surface area contributed by atoms with E-state index in [0.29, 0.717) is 25.7 Å². The first-order valence-electron chi connectivity index (χ1n) is 9.68. The number of aliphatic hydroxyl groups is 3. The number of ether oxygens (including phenoxy) is 1. The number of carbonyl (C=O) groups is 1. The molecule has 5 atom stereocenters. The average molecular weight is 370 g/mol. The highest BCUT2D eigenvalue weighted by molar-refractivity contribution is 5.66. The average Bonchev–Trinajstić information content (AvgIpc) is 2.96. The summed E-state index contributed by atoms with van der Waals surface area (Å²) in [5, 5.41) is 38.7. The van der Waals surface area contributed by atoms with E-state index in [0.717, 1.165) is 12.8 Å². The van der Waals surface area contributed by atoms with E-state index < -0.39 is 36.5 Å². The van der Waals surface area contributed by atoms with E-state index in [1.165, 1.54) is 18.9 Å². The summed E-state index contributed by atoms with van der Waals surface area (Å²) in [5.41, 5.74) is 0. The topological polar surface area (TPSA) is 107 Å². The molecular formula is C20H34O6. The summed E-state index contributed by atoms with van der Waals surface area (Å²) in [5.74, 6) is -0.870. The molecule has 1 heterocycles. The van der Waals surface area contributed by atoms with E-state index >= 15 is 0 Å². The molecule has 4 N–H and O–H groups in total. The maximum atomic E-state index is 10.5. The van der Waals surface area contributed by atoms with Crippen LogP contribution in [0.15, 0.2) is 24.3 Å². The van der Waals surface area contributed by atoms with Crippen molar-refractivity contribution >= 4 is 5.97 Å². The van der Waals surface area contributed by atoms with Crippen LogP contribution in [-0.2, 0) is 9.53 Å². The van der Waals surface area contributed by atoms with Gasteiger partial charge in [-0.1, -0.05) is 44.1 Å². The normalized spacial score (nSPS) is 25.9. The molecule has 1 saturated heterocycles. The van der Waals surface area contributed by atoms with Crippen molar-refractivity contribution in [2.24, 2.45) is 0 Å². The lowest BCUT2D eigenvalue weighted by Gasteiger charge is -2.17. The lowest BCUT2D eigenvalue weighted by molar-refractivity contribution is -0.137. The first kappa shape index (κ1) is 22.8. The monoisotopic (exact) mass is 370 g/mol. The van der Waals surface area contributed by atoms with E-state index in [-0.39, 0.29) is 6.42 Å². The van der Waals surface area contributed by atoms with E-state index in [1.807, 2.05) is 6.08 Å². The highest BCUT2D eigenvalue weighted by atomic mass is 16.5. The number of hydrogen-bond acceptors (Lipinski definition) is 5. The van der Waals surface area contributed by atoms with Gasteiger partial charge < -0.3 is 25.2 Å². The molecule has 0 radical (unpaired) electrons. The zero-order valence-corrected chi connectivity index (χ0v) is 15.7. The van der Waals surface area contributed by atoms with E-state index in [4.69, 9.17) is 9.84 Å². The van der Waals surface area contributed by atoms with Crippen molar-refractivity contribution in [3.63, 3.8) is 0 Å². The quantitative estimate of drug-likeness (QED) is 0.293. The number of aliphatic carboxylic acids is 1. The van der Waals surface area contributed by atoms with E-state index in [2.05, 4.69) is 13.0 Å². The van der Waals surface area contributed by atoms with Gasteiger partial charge in [-0.15, -0.1) is 0 Å². The molecule has 0 bridgehead atoms. The summed E-state index contributed by atoms with van der Waals surface area (Å²) in [6, 6.07) is 0. The van der Waals surface area contributed by atoms with Crippen molar-refractivity contribution in [3.8, 4) is 0 Å². The van der Waals surface area contributed by atoms with Gasteiger partial charge >= 0.3 is 5.97 Å². The highest BCUT2D eigenvalue weighted by Crippen LogP contribution is 2.27. The standard InChI is InChI=1S/C20H34O6/c1-2-3-4-5-6-7-9-15(21)12-13-16(22)19-14-17(23)18(26-19)10-8-11-20(24)25/h6-7,12-13,15-19,21-23H,2-5,8-11,14H2,1H3,(H,24,25)/b7-6-,13-12-/t15-,16-,17+,18+,19+/m1/s1. The van der Waals surface area contributed by atoms with Crippen LogP contribution < -0.4 is 0 Å². The Morgan fingerprint density at radius 1 is 1.19 bits per heavy atom. The summed E-state index contributed by atoms with van der Waals surface area (Å²) >= 11 is 0. The Morgan fingerprint density at radius 3 is 2.65 bits per heavy atom. The van der Waals surface area contributed by atoms with Crippen molar-refractivity contribution < 1.29 is 30.0 Å². The van der Waals surface area contributed by atoms with Crippen LogP contribution in [0.3, 0.4) is 0 Å². The summed E-state index contributed by atoms with van der Waals surface area (Å²) in [7, 11) is 0. The molecule has 1 aliphatic rings. The Morgan fingerprint density at radius 2 is 1.96 bits per heavy atom. The molecule has 6 nitrogen and oxygen atoms in total. The molecular weight excluding hydrogens is 336 g/mol. The van der Waals surface area contributed by atoms with Crippen LogP contribution in [0.2, 0.25) is 0 Å². The number of unbranched alkanes of at least 4 members (excludes halogenated alkanes) is 3. The Kier molecular flexibility index (Phi) is 11.4. The predicted molar refractivity (Wildman–Crippen MR) is 99.8 cm³/mol. The van der Waals surface area contributed by atoms with Gasteiger partial charge in [0.05, 0.1) is 30.5 Å². The Balaban J connectivity index is 2.29. The molecule has 0 unspecified atom stereocenters. The fourth-order valence-corrected chi connectivity index (χ4v) is 3.01. The summed E-state index contributed by atoms with van der Waals surface area (Å²) in [6.45, 7) is 2.16. The molecule has 150 valence electrons. The minimum absolute atomic E-state index is 0.0395. The first-order valence-corrected chi connectivity index (χ1v) is 9.68. The molecule has 0 aromatic rings. The van der Waals surface area contributed by atoms with Crippen LogP contribution >= 0.6 is 0 Å². The fraction of sp³-hybridized carbons (Fsp3) is 0.750. The van der Waals surface area contributed by atoms with Gasteiger partial charge in [-0.05, 0) is 32.1 Å². The van der Waals surface area contributed by atoms with Crippen LogP contribution in [0.4, 0.5) is 0 Å². The molecule has 1 fully saturated rings. The molecule has 0 saturated carbocycles. The first-order chi connectivity index (χ1) is 12.4. The third kappa shape index (κ3) is 9.48. The minimum Gasteiger partial charge on any atom is -0.481 e. The van der Waals surface area contributed by atoms with Crippen LogP contribution in [-0.4, -0.2) is 56.9 Å². The lowest BCUT2D eigenvalue weighted by atomic mass is 10.0. The van der Waals surface area contributed by atoms with Gasteiger partial charge in [-0.25, -0.2) is 0 Å². The van der Waals surface area contributed by atoms with Crippen LogP contribution in [0, 0.1) is 0 Å². The van der Waals surface area contributed by atoms with Crippen molar-refractivity contribution in [3.05, 3.63) is 24.3 Å². The third-order valence-electron chi connectivity index (χ3n) is 4.56. The van der Waals surface area contributed by atoms with Crippen LogP contribution in [0.25, 0.3) is 0 Å². The van der Waals surface area contributed by atoms with E-state index in [9.17, 15) is 20.1 Å². The van der Waals surface area contributed by atoms with Gasteiger partial charge in [0, 0.05) is 12.8 Å². The molecule has 0 spiro atoms. The maximum absolute atomic E-state index is 10.5. The number of aliphatic hydroxyl groups excluding tert-OH is 3. The van der Waals surface area contributed by atoms with E-state index in [1.54, 1.807) is 6.08 Å². The highest BCUT2D eigenvalue weighted by Gasteiger charge is 2.36. The van der Waals surface area contributed by atoms with Gasteiger partial charge in [-0.3, -0.25) is 4.79 Å². The molecule has 0 aromatic heterocycles. The van der Waals surface area contributed by atoms with Gasteiger partial charge in [0.2, 0.25) is 0 Å². The van der Waals surface area contributed by atoms with Crippen molar-refractivity contribution in [2.45, 2.75) is 95.2 Å². The second-order valence-electron chi connectivity index (χ2n) is 6.95. The van der Waals surface area contributed by atoms with Gasteiger partial charge in [0.25, 0.3) is 0 Å². The largest absolute Gasteiger partial charge is 0.481 e. The van der Waals surface area contributed by atoms with Crippen molar-refractivity contribution in [2.75, 3.05) is 0 Å². The SMILES string of the molecule is CCCCC/C=C\C[C@@H](O)/C=C\[C@@H](O)[C@@H]1C[C@H](O)[C@H](CCCC(=O)O)O1. The molecule has 1 rings (SSSR count). The summed E-state index contributed by atoms with van der Waals surface area (Å²) < 4.78 is 5.65. The number of carboxylic acid groups (broad SMARTS) is 1. The van der Waals surface area contributed by atoms with Crippen molar-refractivity contribution in [1.29, 1.82) is 0 Å². The predicted octanol–water partition coefficient (Wildman–Crippen LogP) is 2.56. The Hall–Kier alpha value is -1.21. The number of rotatable bonds is 13. The molecule has 1 aliphatic heterocycles. The zero-order valence-electron chi connectivity index (χ0n) is 15.7. The lowest BCUT2D eigenvalue weighted by Crippen LogP contribution is -2.25. The summed E-state index contributed by atoms with van der Waals surface area (Å²) in [4.78, 5) is 10.5. The van der Waals surface area contributed by atoms with Gasteiger partial charge in [-0.2, -0.15) is 0 Å². The van der Waals surface area contributed by atoms with Crippen LogP contribution in [0.1, 0.15) is 64.7 Å². The smallest absolute Gasteiger partial charge is 0.303 e. The summed E-state index contributed by atoms with van der Waals surface area (Å²) in [6.07, 6.45) is 10.1. The zero-order chi connectivity index (χ0) is 19.4. The number of hydrogen-bond donors (Lipinski definition) is 4. The molecule has 26 heavy (non-hydrogen) atoms. The van der Waals surface area contributed by atoms with Crippen LogP contribution in [0.5, 0.6) is 0 Å². The Labute approximate surface area is 156 Å². The van der Waals surface area contributed by atoms with Crippen molar-refractivity contribution in [1.82, 2.24) is 0 Å². The number of carboxylic acids is 1. The maximum Gasteiger partial charge on any atom is 0.303 e. The molecule has 0 aromatic carbocycles. The minimum atomic E-state index is -0.905. The second-order valence-corrected chi connectivity index (χ2v) is 6.95. The van der Waals surface area contributed by atoms with Gasteiger partial charge in [0.15, 0.2) is 0 Å². The number of allylic oxidation sites excluding steroid dienone is 1. The molecule has 0 aliphatic carbocycles. The fourth-order valence-electron chi connectivity index (χ4n) is 3.01. The Bertz CT molecular complexity index is 448. The third-order valence-corrected chi connectivity index (χ3v) is 4.56.